The Bertz CT molecular complexity index is 1200. The first-order valence-electron chi connectivity index (χ1n) is 10.8. The minimum absolute atomic E-state index is 0.0493. The van der Waals surface area contributed by atoms with E-state index in [0.717, 1.165) is 16.9 Å². The summed E-state index contributed by atoms with van der Waals surface area (Å²) < 4.78 is 12.9. The first-order chi connectivity index (χ1) is 16.1. The molecule has 0 saturated heterocycles. The number of carbonyl (C=O) groups is 2. The lowest BCUT2D eigenvalue weighted by Gasteiger charge is -2.19. The molecule has 0 spiro atoms. The second-order valence-electron chi connectivity index (χ2n) is 7.46. The molecule has 0 saturated carbocycles. The number of carbonyl (C=O) groups excluding carboxylic acids is 2. The van der Waals surface area contributed by atoms with Gasteiger partial charge in [0.05, 0.1) is 24.8 Å². The van der Waals surface area contributed by atoms with Crippen LogP contribution in [0.25, 0.3) is 5.65 Å². The van der Waals surface area contributed by atoms with Crippen molar-refractivity contribution in [2.24, 2.45) is 0 Å². The molecule has 1 amide bonds. The number of esters is 1. The molecule has 1 atom stereocenters. The largest absolute Gasteiger partial charge is 0.487 e. The van der Waals surface area contributed by atoms with Crippen LogP contribution in [-0.2, 0) is 16.1 Å². The van der Waals surface area contributed by atoms with Gasteiger partial charge < -0.3 is 19.2 Å². The van der Waals surface area contributed by atoms with Gasteiger partial charge in [0.25, 0.3) is 5.91 Å². The number of hydrogen-bond donors (Lipinski definition) is 1. The van der Waals surface area contributed by atoms with E-state index in [4.69, 9.17) is 9.47 Å². The summed E-state index contributed by atoms with van der Waals surface area (Å²) in [7, 11) is 0. The van der Waals surface area contributed by atoms with Gasteiger partial charge in [-0.05, 0) is 42.8 Å². The van der Waals surface area contributed by atoms with Crippen LogP contribution in [0, 0.1) is 0 Å². The Kier molecular flexibility index (Phi) is 6.99. The van der Waals surface area contributed by atoms with Gasteiger partial charge in [0, 0.05) is 18.0 Å². The predicted molar refractivity (Wildman–Crippen MR) is 124 cm³/mol. The van der Waals surface area contributed by atoms with Crippen LogP contribution in [0.3, 0.4) is 0 Å². The molecular formula is C26H25N3O4. The summed E-state index contributed by atoms with van der Waals surface area (Å²) in [6.45, 7) is 2.33. The third-order valence-electron chi connectivity index (χ3n) is 5.08. The van der Waals surface area contributed by atoms with Crippen molar-refractivity contribution in [1.29, 1.82) is 0 Å². The molecule has 33 heavy (non-hydrogen) atoms. The second kappa shape index (κ2) is 10.5. The van der Waals surface area contributed by atoms with E-state index in [0.29, 0.717) is 17.9 Å². The molecule has 2 heterocycles. The van der Waals surface area contributed by atoms with Gasteiger partial charge in [-0.15, -0.1) is 0 Å². The molecular weight excluding hydrogens is 418 g/mol. The highest BCUT2D eigenvalue weighted by molar-refractivity contribution is 5.95. The van der Waals surface area contributed by atoms with Crippen LogP contribution < -0.4 is 10.1 Å². The number of ether oxygens (including phenoxy) is 2. The fraction of sp³-hybridized carbons (Fsp3) is 0.192. The summed E-state index contributed by atoms with van der Waals surface area (Å²) in [5.41, 5.74) is 2.90. The van der Waals surface area contributed by atoms with Gasteiger partial charge in [0.2, 0.25) is 0 Å². The average Bonchev–Trinajstić information content (AvgIpc) is 3.26. The summed E-state index contributed by atoms with van der Waals surface area (Å²) in [6.07, 6.45) is 3.88. The van der Waals surface area contributed by atoms with E-state index in [1.165, 1.54) is 0 Å². The van der Waals surface area contributed by atoms with E-state index in [2.05, 4.69) is 10.3 Å². The van der Waals surface area contributed by atoms with Crippen molar-refractivity contribution in [1.82, 2.24) is 14.7 Å². The number of imidazole rings is 1. The summed E-state index contributed by atoms with van der Waals surface area (Å²) in [6, 6.07) is 21.6. The van der Waals surface area contributed by atoms with Crippen LogP contribution in [-0.4, -0.2) is 27.9 Å². The molecule has 0 aliphatic rings. The second-order valence-corrected chi connectivity index (χ2v) is 7.46. The first kappa shape index (κ1) is 22.1. The lowest BCUT2D eigenvalue weighted by molar-refractivity contribution is -0.143. The summed E-state index contributed by atoms with van der Waals surface area (Å²) in [5.74, 6) is -0.108. The van der Waals surface area contributed by atoms with E-state index in [9.17, 15) is 9.59 Å². The van der Waals surface area contributed by atoms with Gasteiger partial charge in [-0.1, -0.05) is 42.5 Å². The van der Waals surface area contributed by atoms with E-state index in [1.807, 2.05) is 65.3 Å². The molecule has 2 aromatic heterocycles. The normalized spacial score (nSPS) is 11.7. The van der Waals surface area contributed by atoms with E-state index in [1.54, 1.807) is 31.2 Å². The van der Waals surface area contributed by atoms with Crippen LogP contribution in [0.4, 0.5) is 0 Å². The van der Waals surface area contributed by atoms with E-state index < -0.39 is 6.04 Å². The Morgan fingerprint density at radius 2 is 1.85 bits per heavy atom. The topological polar surface area (TPSA) is 81.9 Å². The lowest BCUT2D eigenvalue weighted by Crippen LogP contribution is -2.30. The Labute approximate surface area is 192 Å². The molecule has 0 bridgehead atoms. The van der Waals surface area contributed by atoms with Crippen molar-refractivity contribution < 1.29 is 19.1 Å². The highest BCUT2D eigenvalue weighted by atomic mass is 16.5. The zero-order valence-electron chi connectivity index (χ0n) is 18.3. The molecule has 7 nitrogen and oxygen atoms in total. The van der Waals surface area contributed by atoms with E-state index in [-0.39, 0.29) is 24.9 Å². The van der Waals surface area contributed by atoms with Crippen molar-refractivity contribution in [3.8, 4) is 5.75 Å². The van der Waals surface area contributed by atoms with Gasteiger partial charge >= 0.3 is 5.97 Å². The third-order valence-corrected chi connectivity index (χ3v) is 5.08. The number of hydrogen-bond acceptors (Lipinski definition) is 5. The Morgan fingerprint density at radius 1 is 1.03 bits per heavy atom. The zero-order chi connectivity index (χ0) is 23.0. The standard InChI is InChI=1S/C26H25N3O4/c1-2-32-25(30)16-23(19-9-4-3-5-10-19)28-26(31)20-11-8-12-22(15-20)33-18-21-17-29-14-7-6-13-24(29)27-21/h3-15,17,23H,2,16,18H2,1H3,(H,28,31). The SMILES string of the molecule is CCOC(=O)CC(NC(=O)c1cccc(OCc2cn3ccccc3n2)c1)c1ccccc1. The number of amides is 1. The fourth-order valence-electron chi connectivity index (χ4n) is 3.51. The van der Waals surface area contributed by atoms with E-state index >= 15 is 0 Å². The van der Waals surface area contributed by atoms with Crippen molar-refractivity contribution in [3.05, 3.63) is 102 Å². The third kappa shape index (κ3) is 5.77. The van der Waals surface area contributed by atoms with Crippen LogP contribution in [0.15, 0.2) is 85.2 Å². The van der Waals surface area contributed by atoms with Crippen molar-refractivity contribution >= 4 is 17.5 Å². The average molecular weight is 444 g/mol. The summed E-state index contributed by atoms with van der Waals surface area (Å²) in [4.78, 5) is 29.6. The highest BCUT2D eigenvalue weighted by Gasteiger charge is 2.20. The smallest absolute Gasteiger partial charge is 0.308 e. The first-order valence-corrected chi connectivity index (χ1v) is 10.8. The van der Waals surface area contributed by atoms with Crippen molar-refractivity contribution in [3.63, 3.8) is 0 Å². The van der Waals surface area contributed by atoms with Gasteiger partial charge in [-0.3, -0.25) is 9.59 Å². The van der Waals surface area contributed by atoms with Crippen LogP contribution in [0.1, 0.15) is 41.0 Å². The number of rotatable bonds is 9. The van der Waals surface area contributed by atoms with Crippen molar-refractivity contribution in [2.45, 2.75) is 26.0 Å². The molecule has 0 aliphatic heterocycles. The minimum Gasteiger partial charge on any atom is -0.487 e. The number of pyridine rings is 1. The number of fused-ring (bicyclic) bond motifs is 1. The molecule has 1 N–H and O–H groups in total. The molecule has 2 aromatic carbocycles. The monoisotopic (exact) mass is 443 g/mol. The van der Waals surface area contributed by atoms with Crippen LogP contribution in [0.5, 0.6) is 5.75 Å². The summed E-state index contributed by atoms with van der Waals surface area (Å²) in [5, 5.41) is 2.95. The molecule has 0 aliphatic carbocycles. The fourth-order valence-corrected chi connectivity index (χ4v) is 3.51. The molecule has 0 radical (unpaired) electrons. The minimum atomic E-state index is -0.500. The molecule has 1 unspecified atom stereocenters. The lowest BCUT2D eigenvalue weighted by atomic mass is 10.0. The Morgan fingerprint density at radius 3 is 2.64 bits per heavy atom. The summed E-state index contributed by atoms with van der Waals surface area (Å²) >= 11 is 0. The quantitative estimate of drug-likeness (QED) is 0.389. The Balaban J connectivity index is 1.44. The molecule has 168 valence electrons. The predicted octanol–water partition coefficient (Wildman–Crippen LogP) is 4.34. The zero-order valence-corrected chi connectivity index (χ0v) is 18.3. The van der Waals surface area contributed by atoms with Crippen molar-refractivity contribution in [2.75, 3.05) is 6.61 Å². The highest BCUT2D eigenvalue weighted by Crippen LogP contribution is 2.20. The number of aromatic nitrogens is 2. The van der Waals surface area contributed by atoms with Crippen LogP contribution in [0.2, 0.25) is 0 Å². The van der Waals surface area contributed by atoms with Gasteiger partial charge in [0.1, 0.15) is 18.0 Å². The van der Waals surface area contributed by atoms with Gasteiger partial charge in [0.15, 0.2) is 0 Å². The number of nitrogens with one attached hydrogen (secondary N) is 1. The maximum Gasteiger partial charge on any atom is 0.308 e. The molecule has 4 aromatic rings. The van der Waals surface area contributed by atoms with Crippen LogP contribution >= 0.6 is 0 Å². The molecule has 4 rings (SSSR count). The molecule has 0 fully saturated rings. The maximum absolute atomic E-state index is 13.0. The van der Waals surface area contributed by atoms with Gasteiger partial charge in [-0.25, -0.2) is 4.98 Å². The van der Waals surface area contributed by atoms with Gasteiger partial charge in [-0.2, -0.15) is 0 Å². The maximum atomic E-state index is 13.0. The Hall–Kier alpha value is -4.13. The number of benzene rings is 2. The molecule has 7 heteroatoms. The number of nitrogens with zero attached hydrogens (tertiary/aromatic N) is 2.